The SMILES string of the molecule is Nc1ccc(Cl)cc1-c1nc2cccc(Cl)c2n1C1CC1. The van der Waals surface area contributed by atoms with Gasteiger partial charge in [-0.15, -0.1) is 0 Å². The summed E-state index contributed by atoms with van der Waals surface area (Å²) in [4.78, 5) is 4.75. The molecule has 4 rings (SSSR count). The Hall–Kier alpha value is -1.71. The van der Waals surface area contributed by atoms with Crippen molar-refractivity contribution >= 4 is 39.9 Å². The maximum absolute atomic E-state index is 6.39. The number of rotatable bonds is 2. The lowest BCUT2D eigenvalue weighted by molar-refractivity contribution is 0.775. The van der Waals surface area contributed by atoms with Crippen LogP contribution in [0.15, 0.2) is 36.4 Å². The average molecular weight is 318 g/mol. The van der Waals surface area contributed by atoms with Crippen LogP contribution in [0.25, 0.3) is 22.4 Å². The second kappa shape index (κ2) is 4.65. The monoisotopic (exact) mass is 317 g/mol. The van der Waals surface area contributed by atoms with Crippen LogP contribution in [-0.2, 0) is 0 Å². The van der Waals surface area contributed by atoms with Crippen molar-refractivity contribution in [3.05, 3.63) is 46.4 Å². The lowest BCUT2D eigenvalue weighted by Gasteiger charge is -2.10. The van der Waals surface area contributed by atoms with Crippen LogP contribution >= 0.6 is 23.2 Å². The molecule has 1 aliphatic carbocycles. The van der Waals surface area contributed by atoms with E-state index in [2.05, 4.69) is 4.57 Å². The Balaban J connectivity index is 2.07. The van der Waals surface area contributed by atoms with E-state index in [-0.39, 0.29) is 0 Å². The van der Waals surface area contributed by atoms with Gasteiger partial charge >= 0.3 is 0 Å². The molecule has 0 bridgehead atoms. The van der Waals surface area contributed by atoms with Crippen LogP contribution in [-0.4, -0.2) is 9.55 Å². The van der Waals surface area contributed by atoms with E-state index in [0.29, 0.717) is 16.8 Å². The standard InChI is InChI=1S/C16H13Cl2N3/c17-9-4-7-13(19)11(8-9)16-20-14-3-1-2-12(18)15(14)21(16)10-5-6-10/h1-4,7-8,10H,5-6,19H2. The average Bonchev–Trinajstić information content (AvgIpc) is 3.22. The highest BCUT2D eigenvalue weighted by Gasteiger charge is 2.30. The number of anilines is 1. The molecule has 2 N–H and O–H groups in total. The van der Waals surface area contributed by atoms with Crippen molar-refractivity contribution in [2.45, 2.75) is 18.9 Å². The number of nitrogens with zero attached hydrogens (tertiary/aromatic N) is 2. The summed E-state index contributed by atoms with van der Waals surface area (Å²) in [5, 5.41) is 1.37. The Morgan fingerprint density at radius 3 is 2.71 bits per heavy atom. The highest BCUT2D eigenvalue weighted by Crippen LogP contribution is 2.44. The van der Waals surface area contributed by atoms with Gasteiger partial charge in [0, 0.05) is 22.3 Å². The molecule has 1 aromatic heterocycles. The Labute approximate surface area is 132 Å². The minimum atomic E-state index is 0.447. The third-order valence-corrected chi connectivity index (χ3v) is 4.37. The number of fused-ring (bicyclic) bond motifs is 1. The lowest BCUT2D eigenvalue weighted by Crippen LogP contribution is -2.00. The Morgan fingerprint density at radius 1 is 1.14 bits per heavy atom. The van der Waals surface area contributed by atoms with Gasteiger partial charge in [0.15, 0.2) is 0 Å². The first-order valence-electron chi connectivity index (χ1n) is 6.87. The molecule has 0 spiro atoms. The van der Waals surface area contributed by atoms with E-state index in [4.69, 9.17) is 33.9 Å². The molecule has 0 unspecified atom stereocenters. The molecule has 1 aliphatic rings. The summed E-state index contributed by atoms with van der Waals surface area (Å²) >= 11 is 12.5. The van der Waals surface area contributed by atoms with E-state index in [1.54, 1.807) is 6.07 Å². The fourth-order valence-corrected chi connectivity index (χ4v) is 3.14. The molecule has 3 nitrogen and oxygen atoms in total. The van der Waals surface area contributed by atoms with Gasteiger partial charge < -0.3 is 10.3 Å². The smallest absolute Gasteiger partial charge is 0.143 e. The number of imidazole rings is 1. The predicted molar refractivity (Wildman–Crippen MR) is 87.9 cm³/mol. The molecule has 1 saturated carbocycles. The summed E-state index contributed by atoms with van der Waals surface area (Å²) in [7, 11) is 0. The van der Waals surface area contributed by atoms with Gasteiger partial charge in [-0.2, -0.15) is 0 Å². The molecule has 1 fully saturated rings. The molecule has 0 saturated heterocycles. The zero-order valence-electron chi connectivity index (χ0n) is 11.2. The van der Waals surface area contributed by atoms with Crippen molar-refractivity contribution in [1.82, 2.24) is 9.55 Å². The maximum atomic E-state index is 6.39. The van der Waals surface area contributed by atoms with Crippen LogP contribution in [0.4, 0.5) is 5.69 Å². The van der Waals surface area contributed by atoms with Crippen LogP contribution in [0, 0.1) is 0 Å². The van der Waals surface area contributed by atoms with Crippen LogP contribution < -0.4 is 5.73 Å². The van der Waals surface area contributed by atoms with E-state index in [0.717, 1.165) is 40.3 Å². The Bertz CT molecular complexity index is 850. The van der Waals surface area contributed by atoms with E-state index in [1.165, 1.54) is 0 Å². The fourth-order valence-electron chi connectivity index (χ4n) is 2.71. The molecular formula is C16H13Cl2N3. The van der Waals surface area contributed by atoms with Crippen LogP contribution in [0.1, 0.15) is 18.9 Å². The molecule has 2 aromatic carbocycles. The van der Waals surface area contributed by atoms with Crippen molar-refractivity contribution in [2.75, 3.05) is 5.73 Å². The molecule has 0 amide bonds. The largest absolute Gasteiger partial charge is 0.398 e. The van der Waals surface area contributed by atoms with Crippen molar-refractivity contribution < 1.29 is 0 Å². The zero-order valence-corrected chi connectivity index (χ0v) is 12.7. The van der Waals surface area contributed by atoms with Crippen molar-refractivity contribution in [3.8, 4) is 11.4 Å². The van der Waals surface area contributed by atoms with E-state index < -0.39 is 0 Å². The first kappa shape index (κ1) is 13.0. The highest BCUT2D eigenvalue weighted by molar-refractivity contribution is 6.35. The third-order valence-electron chi connectivity index (χ3n) is 3.83. The van der Waals surface area contributed by atoms with Crippen LogP contribution in [0.5, 0.6) is 0 Å². The molecule has 3 aromatic rings. The maximum Gasteiger partial charge on any atom is 0.143 e. The minimum Gasteiger partial charge on any atom is -0.398 e. The highest BCUT2D eigenvalue weighted by atomic mass is 35.5. The molecule has 106 valence electrons. The van der Waals surface area contributed by atoms with E-state index in [9.17, 15) is 0 Å². The normalized spacial score (nSPS) is 14.8. The predicted octanol–water partition coefficient (Wildman–Crippen LogP) is 4.93. The quantitative estimate of drug-likeness (QED) is 0.681. The van der Waals surface area contributed by atoms with E-state index >= 15 is 0 Å². The summed E-state index contributed by atoms with van der Waals surface area (Å²) in [5.74, 6) is 0.848. The summed E-state index contributed by atoms with van der Waals surface area (Å²) in [6, 6.07) is 11.7. The van der Waals surface area contributed by atoms with Crippen molar-refractivity contribution in [1.29, 1.82) is 0 Å². The Morgan fingerprint density at radius 2 is 1.95 bits per heavy atom. The molecule has 1 heterocycles. The van der Waals surface area contributed by atoms with Gasteiger partial charge in [-0.3, -0.25) is 0 Å². The number of hydrogen-bond donors (Lipinski definition) is 1. The molecular weight excluding hydrogens is 305 g/mol. The second-order valence-corrected chi connectivity index (χ2v) is 6.22. The number of benzene rings is 2. The van der Waals surface area contributed by atoms with Gasteiger partial charge in [-0.1, -0.05) is 29.3 Å². The second-order valence-electron chi connectivity index (χ2n) is 5.38. The van der Waals surface area contributed by atoms with Crippen LogP contribution in [0.3, 0.4) is 0 Å². The van der Waals surface area contributed by atoms with Gasteiger partial charge in [0.25, 0.3) is 0 Å². The number of para-hydroxylation sites is 1. The van der Waals surface area contributed by atoms with Crippen molar-refractivity contribution in [2.24, 2.45) is 0 Å². The first-order valence-corrected chi connectivity index (χ1v) is 7.62. The Kier molecular flexibility index (Phi) is 2.88. The van der Waals surface area contributed by atoms with Crippen molar-refractivity contribution in [3.63, 3.8) is 0 Å². The number of hydrogen-bond acceptors (Lipinski definition) is 2. The summed E-state index contributed by atoms with van der Waals surface area (Å²) in [6.45, 7) is 0. The summed E-state index contributed by atoms with van der Waals surface area (Å²) in [5.41, 5.74) is 9.54. The third kappa shape index (κ3) is 2.08. The number of nitrogens with two attached hydrogens (primary N) is 1. The van der Waals surface area contributed by atoms with Gasteiger partial charge in [0.05, 0.1) is 16.1 Å². The number of aromatic nitrogens is 2. The molecule has 21 heavy (non-hydrogen) atoms. The number of halogens is 2. The minimum absolute atomic E-state index is 0.447. The zero-order chi connectivity index (χ0) is 14.6. The molecule has 0 atom stereocenters. The summed E-state index contributed by atoms with van der Waals surface area (Å²) in [6.07, 6.45) is 2.29. The van der Waals surface area contributed by atoms with Gasteiger partial charge in [0.2, 0.25) is 0 Å². The molecule has 5 heteroatoms. The number of nitrogen functional groups attached to an aromatic ring is 1. The van der Waals surface area contributed by atoms with Crippen LogP contribution in [0.2, 0.25) is 10.0 Å². The van der Waals surface area contributed by atoms with Gasteiger partial charge in [-0.05, 0) is 43.2 Å². The fraction of sp³-hybridized carbons (Fsp3) is 0.188. The van der Waals surface area contributed by atoms with Gasteiger partial charge in [-0.25, -0.2) is 4.98 Å². The molecule has 0 radical (unpaired) electrons. The first-order chi connectivity index (χ1) is 10.1. The molecule has 0 aliphatic heterocycles. The summed E-state index contributed by atoms with van der Waals surface area (Å²) < 4.78 is 2.21. The topological polar surface area (TPSA) is 43.8 Å². The lowest BCUT2D eigenvalue weighted by atomic mass is 10.1. The van der Waals surface area contributed by atoms with E-state index in [1.807, 2.05) is 30.3 Å². The van der Waals surface area contributed by atoms with Gasteiger partial charge in [0.1, 0.15) is 5.82 Å².